The molecule has 0 aromatic heterocycles. The van der Waals surface area contributed by atoms with Crippen molar-refractivity contribution in [2.75, 3.05) is 12.8 Å². The zero-order valence-corrected chi connectivity index (χ0v) is 9.37. The Bertz CT molecular complexity index is 279. The predicted octanol–water partition coefficient (Wildman–Crippen LogP) is 3.32. The second-order valence-corrected chi connectivity index (χ2v) is 9.44. The summed E-state index contributed by atoms with van der Waals surface area (Å²) in [6, 6.07) is 9.49. The molecule has 0 aliphatic rings. The van der Waals surface area contributed by atoms with Crippen LogP contribution >= 0.6 is 6.04 Å². The molecular weight excluding hydrogens is 183 g/mol. The van der Waals surface area contributed by atoms with Crippen LogP contribution in [0.1, 0.15) is 12.5 Å². The number of benzene rings is 1. The highest BCUT2D eigenvalue weighted by molar-refractivity contribution is 8.13. The first-order valence-corrected chi connectivity index (χ1v) is 7.85. The van der Waals surface area contributed by atoms with Crippen molar-refractivity contribution in [3.05, 3.63) is 35.9 Å². The van der Waals surface area contributed by atoms with E-state index in [1.807, 2.05) is 0 Å². The lowest BCUT2D eigenvalue weighted by atomic mass is 10.2. The molecule has 0 bridgehead atoms. The molecule has 1 rings (SSSR count). The van der Waals surface area contributed by atoms with E-state index in [2.05, 4.69) is 43.9 Å². The fourth-order valence-electron chi connectivity index (χ4n) is 1.08. The van der Waals surface area contributed by atoms with Gasteiger partial charge in [-0.05, 0) is 24.4 Å². The summed E-state index contributed by atoms with van der Waals surface area (Å²) in [6.07, 6.45) is 2.27. The molecule has 1 aromatic carbocycles. The second-order valence-electron chi connectivity index (χ2n) is 3.26. The molecule has 0 radical (unpaired) electrons. The van der Waals surface area contributed by atoms with E-state index >= 15 is 0 Å². The van der Waals surface area contributed by atoms with Crippen LogP contribution in [0, 0.1) is 0 Å². The van der Waals surface area contributed by atoms with Crippen molar-refractivity contribution < 1.29 is 0 Å². The van der Waals surface area contributed by atoms with E-state index < -0.39 is 6.04 Å². The van der Waals surface area contributed by atoms with Gasteiger partial charge in [-0.1, -0.05) is 49.1 Å². The van der Waals surface area contributed by atoms with Crippen LogP contribution in [0.4, 0.5) is 0 Å². The Morgan fingerprint density at radius 1 is 1.25 bits per heavy atom. The third kappa shape index (κ3) is 3.08. The summed E-state index contributed by atoms with van der Waals surface area (Å²) < 4.78 is 0. The van der Waals surface area contributed by atoms with Gasteiger partial charge in [-0.3, -0.25) is 0 Å². The summed E-state index contributed by atoms with van der Waals surface area (Å²) >= 11 is 5.54. The molecule has 12 heavy (non-hydrogen) atoms. The fraction of sp³-hybridized carbons (Fsp3) is 0.400. The van der Waals surface area contributed by atoms with Gasteiger partial charge >= 0.3 is 0 Å². The zero-order chi connectivity index (χ0) is 9.03. The van der Waals surface area contributed by atoms with Gasteiger partial charge in [0.2, 0.25) is 0 Å². The minimum atomic E-state index is -1.06. The zero-order valence-electron chi connectivity index (χ0n) is 7.66. The van der Waals surface area contributed by atoms with Crippen LogP contribution in [-0.2, 0) is 18.0 Å². The molecule has 0 aliphatic carbocycles. The Morgan fingerprint density at radius 2 is 1.83 bits per heavy atom. The Kier molecular flexibility index (Phi) is 3.49. The molecule has 0 aliphatic heterocycles. The Balaban J connectivity index is 2.71. The van der Waals surface area contributed by atoms with E-state index in [1.54, 1.807) is 0 Å². The topological polar surface area (TPSA) is 0 Å². The van der Waals surface area contributed by atoms with Gasteiger partial charge in [0.15, 0.2) is 0 Å². The van der Waals surface area contributed by atoms with E-state index in [9.17, 15) is 0 Å². The minimum absolute atomic E-state index is 1.06. The molecule has 0 N–H and O–H groups in total. The van der Waals surface area contributed by atoms with Gasteiger partial charge in [0.1, 0.15) is 0 Å². The maximum absolute atomic E-state index is 5.54. The Labute approximate surface area is 80.0 Å². The summed E-state index contributed by atoms with van der Waals surface area (Å²) in [5, 5.41) is 0. The first kappa shape index (κ1) is 9.95. The van der Waals surface area contributed by atoms with Crippen molar-refractivity contribution in [3.8, 4) is 0 Å². The van der Waals surface area contributed by atoms with E-state index in [4.69, 9.17) is 11.8 Å². The maximum Gasteiger partial charge on any atom is 0.00153 e. The Morgan fingerprint density at radius 3 is 2.33 bits per heavy atom. The fourth-order valence-corrected chi connectivity index (χ4v) is 2.74. The SMILES string of the molecule is CCP(C)(=S)Cc1ccccc1. The van der Waals surface area contributed by atoms with E-state index in [1.165, 1.54) is 5.56 Å². The largest absolute Gasteiger partial charge is 0.0974 e. The highest BCUT2D eigenvalue weighted by Crippen LogP contribution is 2.44. The molecule has 66 valence electrons. The highest BCUT2D eigenvalue weighted by Gasteiger charge is 2.07. The molecule has 1 atom stereocenters. The molecule has 0 spiro atoms. The number of hydrogen-bond donors (Lipinski definition) is 0. The highest BCUT2D eigenvalue weighted by atomic mass is 32.4. The number of hydrogen-bond acceptors (Lipinski definition) is 1. The quantitative estimate of drug-likeness (QED) is 0.671. The van der Waals surface area contributed by atoms with Gasteiger partial charge in [0, 0.05) is 6.16 Å². The van der Waals surface area contributed by atoms with Crippen molar-refractivity contribution in [1.29, 1.82) is 0 Å². The summed E-state index contributed by atoms with van der Waals surface area (Å²) in [6.45, 7) is 4.44. The van der Waals surface area contributed by atoms with Gasteiger partial charge in [-0.2, -0.15) is 0 Å². The number of rotatable bonds is 3. The van der Waals surface area contributed by atoms with Gasteiger partial charge in [-0.25, -0.2) is 0 Å². The van der Waals surface area contributed by atoms with Gasteiger partial charge in [0.25, 0.3) is 0 Å². The molecule has 0 nitrogen and oxygen atoms in total. The monoisotopic (exact) mass is 198 g/mol. The van der Waals surface area contributed by atoms with Crippen molar-refractivity contribution in [2.45, 2.75) is 13.1 Å². The smallest absolute Gasteiger partial charge is 0.00153 e. The van der Waals surface area contributed by atoms with E-state index in [0.29, 0.717) is 0 Å². The average Bonchev–Trinajstić information content (AvgIpc) is 2.06. The lowest BCUT2D eigenvalue weighted by Gasteiger charge is -2.13. The third-order valence-corrected chi connectivity index (χ3v) is 5.56. The lowest BCUT2D eigenvalue weighted by molar-refractivity contribution is 1.35. The predicted molar refractivity (Wildman–Crippen MR) is 60.9 cm³/mol. The first-order chi connectivity index (χ1) is 5.64. The van der Waals surface area contributed by atoms with Crippen LogP contribution in [-0.4, -0.2) is 12.8 Å². The normalized spacial score (nSPS) is 15.5. The van der Waals surface area contributed by atoms with E-state index in [-0.39, 0.29) is 0 Å². The molecule has 0 amide bonds. The molecule has 1 aromatic rings. The maximum atomic E-state index is 5.54. The van der Waals surface area contributed by atoms with Crippen LogP contribution in [0.2, 0.25) is 0 Å². The van der Waals surface area contributed by atoms with E-state index in [0.717, 1.165) is 12.3 Å². The van der Waals surface area contributed by atoms with Crippen LogP contribution in [0.5, 0.6) is 0 Å². The van der Waals surface area contributed by atoms with Crippen molar-refractivity contribution in [1.82, 2.24) is 0 Å². The molecule has 0 heterocycles. The average molecular weight is 198 g/mol. The summed E-state index contributed by atoms with van der Waals surface area (Å²) in [5.74, 6) is 0. The summed E-state index contributed by atoms with van der Waals surface area (Å²) in [5.41, 5.74) is 1.39. The minimum Gasteiger partial charge on any atom is -0.0974 e. The molecule has 0 saturated carbocycles. The van der Waals surface area contributed by atoms with Gasteiger partial charge in [0.05, 0.1) is 0 Å². The molecule has 0 saturated heterocycles. The van der Waals surface area contributed by atoms with Gasteiger partial charge in [-0.15, -0.1) is 0 Å². The summed E-state index contributed by atoms with van der Waals surface area (Å²) in [7, 11) is 0. The molecule has 1 unspecified atom stereocenters. The van der Waals surface area contributed by atoms with Crippen molar-refractivity contribution >= 4 is 17.8 Å². The second kappa shape index (κ2) is 4.20. The van der Waals surface area contributed by atoms with Crippen LogP contribution < -0.4 is 0 Å². The lowest BCUT2D eigenvalue weighted by Crippen LogP contribution is -1.88. The Hall–Kier alpha value is -0.130. The molecular formula is C10H15PS. The van der Waals surface area contributed by atoms with Crippen LogP contribution in [0.3, 0.4) is 0 Å². The van der Waals surface area contributed by atoms with Gasteiger partial charge < -0.3 is 0 Å². The van der Waals surface area contributed by atoms with Crippen LogP contribution in [0.25, 0.3) is 0 Å². The summed E-state index contributed by atoms with van der Waals surface area (Å²) in [4.78, 5) is 0. The van der Waals surface area contributed by atoms with Crippen molar-refractivity contribution in [2.24, 2.45) is 0 Å². The molecule has 2 heteroatoms. The molecule has 0 fully saturated rings. The first-order valence-electron chi connectivity index (χ1n) is 4.23. The van der Waals surface area contributed by atoms with Crippen molar-refractivity contribution in [3.63, 3.8) is 0 Å². The van der Waals surface area contributed by atoms with Crippen LogP contribution in [0.15, 0.2) is 30.3 Å². The standard InChI is InChI=1S/C10H15PS/c1-3-11(2,12)9-10-7-5-4-6-8-10/h4-8H,3,9H2,1-2H3. The third-order valence-electron chi connectivity index (χ3n) is 2.03.